The van der Waals surface area contributed by atoms with Crippen LogP contribution in [-0.4, -0.2) is 15.2 Å². The molecular weight excluding hydrogens is 296 g/mol. The van der Waals surface area contributed by atoms with Crippen LogP contribution in [0.5, 0.6) is 5.75 Å². The zero-order valence-corrected chi connectivity index (χ0v) is 16.9. The van der Waals surface area contributed by atoms with Gasteiger partial charge in [0.2, 0.25) is 0 Å². The molecule has 1 aromatic rings. The molecule has 0 radical (unpaired) electrons. The van der Waals surface area contributed by atoms with Gasteiger partial charge in [-0.25, -0.2) is 0 Å². The Morgan fingerprint density at radius 3 is 2.35 bits per heavy atom. The van der Waals surface area contributed by atoms with Crippen molar-refractivity contribution in [3.63, 3.8) is 0 Å². The molecule has 1 aliphatic carbocycles. The van der Waals surface area contributed by atoms with Crippen molar-refractivity contribution in [3.8, 4) is 5.75 Å². The molecule has 0 aliphatic heterocycles. The summed E-state index contributed by atoms with van der Waals surface area (Å²) >= 11 is 0. The summed E-state index contributed by atoms with van der Waals surface area (Å²) in [5.74, 6) is 1.15. The number of hydrogen-bond acceptors (Lipinski definition) is 1. The Kier molecular flexibility index (Phi) is 5.25. The van der Waals surface area contributed by atoms with Gasteiger partial charge in [-0.3, -0.25) is 0 Å². The Morgan fingerprint density at radius 2 is 1.83 bits per heavy atom. The van der Waals surface area contributed by atoms with E-state index in [2.05, 4.69) is 71.1 Å². The van der Waals surface area contributed by atoms with Gasteiger partial charge in [0.1, 0.15) is 5.75 Å². The van der Waals surface area contributed by atoms with E-state index in [0.717, 1.165) is 25.0 Å². The second kappa shape index (κ2) is 6.68. The van der Waals surface area contributed by atoms with Gasteiger partial charge >= 0.3 is 0 Å². The van der Waals surface area contributed by atoms with Crippen molar-refractivity contribution in [2.24, 2.45) is 0 Å². The molecule has 0 saturated heterocycles. The van der Waals surface area contributed by atoms with Crippen LogP contribution in [0.15, 0.2) is 35.9 Å². The third-order valence-electron chi connectivity index (χ3n) is 5.63. The van der Waals surface area contributed by atoms with Crippen molar-refractivity contribution in [2.45, 2.75) is 65.1 Å². The van der Waals surface area contributed by atoms with Crippen molar-refractivity contribution < 1.29 is 4.74 Å². The van der Waals surface area contributed by atoms with Gasteiger partial charge < -0.3 is 4.74 Å². The third kappa shape index (κ3) is 3.80. The first-order valence-electron chi connectivity index (χ1n) is 8.69. The lowest BCUT2D eigenvalue weighted by Crippen LogP contribution is -2.50. The predicted octanol–water partition coefficient (Wildman–Crippen LogP) is 5.54. The first-order chi connectivity index (χ1) is 10.7. The highest BCUT2D eigenvalue weighted by molar-refractivity contribution is 6.92. The molecule has 0 saturated carbocycles. The standard InChI is InChI=1S/C21H32OSi/c1-16-14-18(13-12-17-10-8-9-11-17)20(22-5)19(15-16)23(6,7)21(2,3)4/h8-10,14-15H,11-13H2,1-7H3. The molecule has 126 valence electrons. The first-order valence-corrected chi connectivity index (χ1v) is 11.7. The molecule has 2 heteroatoms. The molecule has 1 nitrogen and oxygen atoms in total. The highest BCUT2D eigenvalue weighted by atomic mass is 28.3. The van der Waals surface area contributed by atoms with E-state index in [1.807, 2.05) is 7.11 Å². The van der Waals surface area contributed by atoms with E-state index < -0.39 is 8.07 Å². The minimum absolute atomic E-state index is 0.309. The maximum absolute atomic E-state index is 5.93. The van der Waals surface area contributed by atoms with Crippen LogP contribution in [0.3, 0.4) is 0 Å². The first kappa shape index (κ1) is 18.1. The summed E-state index contributed by atoms with van der Waals surface area (Å²) in [5, 5.41) is 1.78. The fourth-order valence-electron chi connectivity index (χ4n) is 3.12. The molecule has 0 N–H and O–H groups in total. The monoisotopic (exact) mass is 328 g/mol. The van der Waals surface area contributed by atoms with Gasteiger partial charge in [0.05, 0.1) is 15.2 Å². The van der Waals surface area contributed by atoms with E-state index in [4.69, 9.17) is 4.74 Å². The lowest BCUT2D eigenvalue weighted by molar-refractivity contribution is 0.412. The van der Waals surface area contributed by atoms with Gasteiger partial charge in [-0.15, -0.1) is 0 Å². The summed E-state index contributed by atoms with van der Waals surface area (Å²) in [4.78, 5) is 0. The van der Waals surface area contributed by atoms with E-state index in [9.17, 15) is 0 Å². The lowest BCUT2D eigenvalue weighted by Gasteiger charge is -2.38. The Hall–Kier alpha value is -1.28. The molecule has 1 aromatic carbocycles. The quantitative estimate of drug-likeness (QED) is 0.645. The molecule has 0 atom stereocenters. The fourth-order valence-corrected chi connectivity index (χ4v) is 5.34. The molecule has 23 heavy (non-hydrogen) atoms. The van der Waals surface area contributed by atoms with E-state index in [-0.39, 0.29) is 0 Å². The zero-order chi connectivity index (χ0) is 17.3. The Labute approximate surface area is 143 Å². The lowest BCUT2D eigenvalue weighted by atomic mass is 10.0. The van der Waals surface area contributed by atoms with E-state index in [0.29, 0.717) is 5.04 Å². The Bertz CT molecular complexity index is 630. The number of aryl methyl sites for hydroxylation is 2. The largest absolute Gasteiger partial charge is 0.497 e. The molecule has 0 spiro atoms. The molecule has 0 unspecified atom stereocenters. The van der Waals surface area contributed by atoms with Crippen LogP contribution in [0.2, 0.25) is 18.1 Å². The van der Waals surface area contributed by atoms with Crippen molar-refractivity contribution in [2.75, 3.05) is 7.11 Å². The number of methoxy groups -OCH3 is 1. The Balaban J connectivity index is 2.40. The predicted molar refractivity (Wildman–Crippen MR) is 105 cm³/mol. The number of rotatable bonds is 5. The molecule has 0 fully saturated rings. The van der Waals surface area contributed by atoms with Crippen LogP contribution in [0.25, 0.3) is 0 Å². The highest BCUT2D eigenvalue weighted by Gasteiger charge is 2.39. The second-order valence-corrected chi connectivity index (χ2v) is 13.6. The summed E-state index contributed by atoms with van der Waals surface area (Å²) in [6.07, 6.45) is 9.98. The fraction of sp³-hybridized carbons (Fsp3) is 0.524. The smallest absolute Gasteiger partial charge is 0.121 e. The number of hydrogen-bond donors (Lipinski definition) is 0. The van der Waals surface area contributed by atoms with Crippen LogP contribution in [0.4, 0.5) is 0 Å². The average Bonchev–Trinajstić information content (AvgIpc) is 2.96. The average molecular weight is 329 g/mol. The van der Waals surface area contributed by atoms with E-state index in [1.54, 1.807) is 0 Å². The van der Waals surface area contributed by atoms with Crippen molar-refractivity contribution in [3.05, 3.63) is 47.1 Å². The third-order valence-corrected chi connectivity index (χ3v) is 11.1. The number of benzene rings is 1. The summed E-state index contributed by atoms with van der Waals surface area (Å²) < 4.78 is 5.93. The van der Waals surface area contributed by atoms with Gasteiger partial charge in [-0.05, 0) is 42.0 Å². The summed E-state index contributed by atoms with van der Waals surface area (Å²) in [6, 6.07) is 4.69. The second-order valence-electron chi connectivity index (χ2n) is 8.34. The molecule has 0 aromatic heterocycles. The van der Waals surface area contributed by atoms with Gasteiger partial charge in [-0.2, -0.15) is 0 Å². The van der Waals surface area contributed by atoms with Crippen molar-refractivity contribution >= 4 is 13.3 Å². The highest BCUT2D eigenvalue weighted by Crippen LogP contribution is 2.38. The minimum atomic E-state index is -1.62. The summed E-state index contributed by atoms with van der Waals surface area (Å²) in [5.41, 5.74) is 4.27. The van der Waals surface area contributed by atoms with Crippen LogP contribution in [-0.2, 0) is 6.42 Å². The summed E-state index contributed by atoms with van der Waals surface area (Å²) in [6.45, 7) is 14.3. The normalized spacial score (nSPS) is 15.0. The van der Waals surface area contributed by atoms with Gasteiger partial charge in [0.15, 0.2) is 0 Å². The summed E-state index contributed by atoms with van der Waals surface area (Å²) in [7, 11) is 0.213. The minimum Gasteiger partial charge on any atom is -0.497 e. The maximum Gasteiger partial charge on any atom is 0.121 e. The van der Waals surface area contributed by atoms with E-state index >= 15 is 0 Å². The Morgan fingerprint density at radius 1 is 1.13 bits per heavy atom. The zero-order valence-electron chi connectivity index (χ0n) is 15.9. The SMILES string of the molecule is COc1c(CCC2=CC=CC2)cc(C)cc1[Si](C)(C)C(C)(C)C. The topological polar surface area (TPSA) is 9.23 Å². The number of allylic oxidation sites excluding steroid dienone is 4. The molecule has 1 aliphatic rings. The van der Waals surface area contributed by atoms with Gasteiger partial charge in [0, 0.05) is 0 Å². The molecule has 0 heterocycles. The van der Waals surface area contributed by atoms with Crippen molar-refractivity contribution in [1.29, 1.82) is 0 Å². The van der Waals surface area contributed by atoms with Crippen LogP contribution in [0.1, 0.15) is 44.7 Å². The van der Waals surface area contributed by atoms with Crippen LogP contribution in [0, 0.1) is 6.92 Å². The maximum atomic E-state index is 5.93. The molecule has 0 bridgehead atoms. The van der Waals surface area contributed by atoms with Gasteiger partial charge in [-0.1, -0.05) is 75.4 Å². The van der Waals surface area contributed by atoms with Crippen LogP contribution < -0.4 is 9.92 Å². The molecular formula is C21H32OSi. The van der Waals surface area contributed by atoms with Gasteiger partial charge in [0.25, 0.3) is 0 Å². The molecule has 0 amide bonds. The van der Waals surface area contributed by atoms with E-state index in [1.165, 1.54) is 21.9 Å². The number of ether oxygens (including phenoxy) is 1. The van der Waals surface area contributed by atoms with Crippen molar-refractivity contribution in [1.82, 2.24) is 0 Å². The van der Waals surface area contributed by atoms with Crippen LogP contribution >= 0.6 is 0 Å². The molecule has 2 rings (SSSR count).